The third kappa shape index (κ3) is 4.23. The highest BCUT2D eigenvalue weighted by molar-refractivity contribution is 9.11. The number of ether oxygens (including phenoxy) is 1. The van der Waals surface area contributed by atoms with Gasteiger partial charge in [-0.15, -0.1) is 0 Å². The second-order valence-corrected chi connectivity index (χ2v) is 7.24. The van der Waals surface area contributed by atoms with Crippen molar-refractivity contribution in [3.05, 3.63) is 68.2 Å². The number of hydrogen-bond donors (Lipinski definition) is 2. The molecule has 4 nitrogen and oxygen atoms in total. The van der Waals surface area contributed by atoms with Gasteiger partial charge in [-0.2, -0.15) is 0 Å². The number of hydrogen-bond acceptors (Lipinski definition) is 3. The summed E-state index contributed by atoms with van der Waals surface area (Å²) in [4.78, 5) is 11.6. The molecule has 1 aliphatic heterocycles. The minimum absolute atomic E-state index is 0.222. The van der Waals surface area contributed by atoms with E-state index in [1.807, 2.05) is 42.5 Å². The van der Waals surface area contributed by atoms with E-state index in [1.165, 1.54) is 0 Å². The van der Waals surface area contributed by atoms with Gasteiger partial charge in [0.15, 0.2) is 5.11 Å². The molecule has 0 bridgehead atoms. The van der Waals surface area contributed by atoms with E-state index in [-0.39, 0.29) is 5.91 Å². The van der Waals surface area contributed by atoms with E-state index in [9.17, 15) is 4.79 Å². The van der Waals surface area contributed by atoms with Crippen LogP contribution in [0.15, 0.2) is 57.1 Å². The summed E-state index contributed by atoms with van der Waals surface area (Å²) in [5.74, 6) is 0.534. The topological polar surface area (TPSA) is 50.4 Å². The minimum Gasteiger partial charge on any atom is -0.489 e. The summed E-state index contributed by atoms with van der Waals surface area (Å²) >= 11 is 11.8. The highest BCUT2D eigenvalue weighted by Crippen LogP contribution is 2.24. The summed E-state index contributed by atoms with van der Waals surface area (Å²) < 4.78 is 7.80. The van der Waals surface area contributed by atoms with E-state index in [4.69, 9.17) is 17.0 Å². The molecular weight excluding hydrogens is 456 g/mol. The van der Waals surface area contributed by atoms with Crippen LogP contribution in [-0.2, 0) is 11.4 Å². The highest BCUT2D eigenvalue weighted by Gasteiger charge is 2.19. The van der Waals surface area contributed by atoms with Gasteiger partial charge in [0.2, 0.25) is 0 Å². The molecule has 3 rings (SSSR count). The zero-order chi connectivity index (χ0) is 17.1. The predicted molar refractivity (Wildman–Crippen MR) is 104 cm³/mol. The third-order valence-corrected chi connectivity index (χ3v) is 4.76. The normalized spacial score (nSPS) is 15.3. The first-order valence-electron chi connectivity index (χ1n) is 7.02. The van der Waals surface area contributed by atoms with Crippen molar-refractivity contribution in [3.8, 4) is 5.75 Å². The molecule has 1 amide bonds. The summed E-state index contributed by atoms with van der Waals surface area (Å²) in [5.41, 5.74) is 2.38. The van der Waals surface area contributed by atoms with Crippen LogP contribution in [0.4, 0.5) is 0 Å². The van der Waals surface area contributed by atoms with E-state index in [2.05, 4.69) is 42.5 Å². The summed E-state index contributed by atoms with van der Waals surface area (Å²) in [6.07, 6.45) is 1.74. The molecule has 1 heterocycles. The Balaban J connectivity index is 1.65. The first-order valence-corrected chi connectivity index (χ1v) is 9.01. The van der Waals surface area contributed by atoms with Gasteiger partial charge in [-0.1, -0.05) is 50.1 Å². The number of benzene rings is 2. The standard InChI is InChI=1S/C17H12Br2N2O2S/c18-12-4-3-11(14(19)8-12)9-23-13-5-1-10(2-6-13)7-15-16(22)21-17(24)20-15/h1-8H,9H2,(H2,20,21,22,24)/b15-7+. The van der Waals surface area contributed by atoms with E-state index >= 15 is 0 Å². The molecule has 2 N–H and O–H groups in total. The molecule has 0 atom stereocenters. The number of rotatable bonds is 4. The predicted octanol–water partition coefficient (Wildman–Crippen LogP) is 4.14. The van der Waals surface area contributed by atoms with Crippen LogP contribution in [0.3, 0.4) is 0 Å². The molecule has 0 aromatic heterocycles. The van der Waals surface area contributed by atoms with Gasteiger partial charge in [0.25, 0.3) is 5.91 Å². The molecule has 2 aromatic rings. The summed E-state index contributed by atoms with van der Waals surface area (Å²) in [6.45, 7) is 0.465. The zero-order valence-electron chi connectivity index (χ0n) is 12.3. The van der Waals surface area contributed by atoms with Crippen LogP contribution >= 0.6 is 44.1 Å². The van der Waals surface area contributed by atoms with Crippen LogP contribution in [0, 0.1) is 0 Å². The van der Waals surface area contributed by atoms with E-state index in [0.29, 0.717) is 17.4 Å². The molecule has 1 saturated heterocycles. The van der Waals surface area contributed by atoms with Gasteiger partial charge in [-0.3, -0.25) is 10.1 Å². The number of nitrogens with one attached hydrogen (secondary N) is 2. The number of halogens is 2. The summed E-state index contributed by atoms with van der Waals surface area (Å²) in [7, 11) is 0. The van der Waals surface area contributed by atoms with Crippen LogP contribution in [0.5, 0.6) is 5.75 Å². The smallest absolute Gasteiger partial charge is 0.273 e. The van der Waals surface area contributed by atoms with Crippen LogP contribution in [-0.4, -0.2) is 11.0 Å². The molecular formula is C17H12Br2N2O2S. The van der Waals surface area contributed by atoms with Crippen LogP contribution in [0.2, 0.25) is 0 Å². The largest absolute Gasteiger partial charge is 0.489 e. The first-order chi connectivity index (χ1) is 11.5. The first kappa shape index (κ1) is 17.1. The van der Waals surface area contributed by atoms with Crippen LogP contribution < -0.4 is 15.4 Å². The van der Waals surface area contributed by atoms with Crippen molar-refractivity contribution in [1.29, 1.82) is 0 Å². The van der Waals surface area contributed by atoms with E-state index in [1.54, 1.807) is 6.08 Å². The van der Waals surface area contributed by atoms with Crippen LogP contribution in [0.25, 0.3) is 6.08 Å². The summed E-state index contributed by atoms with van der Waals surface area (Å²) in [6, 6.07) is 13.5. The lowest BCUT2D eigenvalue weighted by atomic mass is 10.2. The maximum Gasteiger partial charge on any atom is 0.273 e. The van der Waals surface area contributed by atoms with Crippen molar-refractivity contribution in [2.75, 3.05) is 0 Å². The van der Waals surface area contributed by atoms with Gasteiger partial charge in [0.1, 0.15) is 18.1 Å². The Morgan fingerprint density at radius 2 is 1.83 bits per heavy atom. The molecule has 0 saturated carbocycles. The molecule has 2 aromatic carbocycles. The number of carbonyl (C=O) groups excluding carboxylic acids is 1. The van der Waals surface area contributed by atoms with E-state index < -0.39 is 0 Å². The Kier molecular flexibility index (Phi) is 5.33. The Morgan fingerprint density at radius 1 is 1.08 bits per heavy atom. The highest BCUT2D eigenvalue weighted by atomic mass is 79.9. The molecule has 7 heteroatoms. The molecule has 0 unspecified atom stereocenters. The zero-order valence-corrected chi connectivity index (χ0v) is 16.3. The average Bonchev–Trinajstić information content (AvgIpc) is 2.85. The second kappa shape index (κ2) is 7.46. The van der Waals surface area contributed by atoms with Crippen molar-refractivity contribution >= 4 is 61.2 Å². The molecule has 0 spiro atoms. The molecule has 0 aliphatic carbocycles. The fourth-order valence-electron chi connectivity index (χ4n) is 2.11. The van der Waals surface area contributed by atoms with Gasteiger partial charge >= 0.3 is 0 Å². The third-order valence-electron chi connectivity index (χ3n) is 3.32. The van der Waals surface area contributed by atoms with Gasteiger partial charge in [0, 0.05) is 14.5 Å². The fourth-order valence-corrected chi connectivity index (χ4v) is 3.47. The van der Waals surface area contributed by atoms with Crippen molar-refractivity contribution in [2.24, 2.45) is 0 Å². The van der Waals surface area contributed by atoms with E-state index in [0.717, 1.165) is 25.8 Å². The Labute approximate surface area is 161 Å². The summed E-state index contributed by atoms with van der Waals surface area (Å²) in [5, 5.41) is 5.67. The monoisotopic (exact) mass is 466 g/mol. The maximum atomic E-state index is 11.6. The molecule has 1 fully saturated rings. The van der Waals surface area contributed by atoms with Gasteiger partial charge < -0.3 is 10.1 Å². The van der Waals surface area contributed by atoms with Gasteiger partial charge in [-0.05, 0) is 48.1 Å². The number of thiocarbonyl (C=S) groups is 1. The van der Waals surface area contributed by atoms with Crippen molar-refractivity contribution in [2.45, 2.75) is 6.61 Å². The van der Waals surface area contributed by atoms with Gasteiger partial charge in [0.05, 0.1) is 0 Å². The molecule has 0 radical (unpaired) electrons. The molecule has 24 heavy (non-hydrogen) atoms. The Bertz CT molecular complexity index is 835. The lowest BCUT2D eigenvalue weighted by Crippen LogP contribution is -2.21. The van der Waals surface area contributed by atoms with Crippen molar-refractivity contribution in [3.63, 3.8) is 0 Å². The lowest BCUT2D eigenvalue weighted by Gasteiger charge is -2.08. The number of carbonyl (C=O) groups is 1. The minimum atomic E-state index is -0.222. The molecule has 122 valence electrons. The second-order valence-electron chi connectivity index (χ2n) is 5.06. The Hall–Kier alpha value is -1.70. The molecule has 1 aliphatic rings. The average molecular weight is 468 g/mol. The van der Waals surface area contributed by atoms with Gasteiger partial charge in [-0.25, -0.2) is 0 Å². The quantitative estimate of drug-likeness (QED) is 0.524. The number of amides is 1. The SMILES string of the molecule is O=C1NC(=S)N/C1=C/c1ccc(OCc2ccc(Br)cc2Br)cc1. The maximum absolute atomic E-state index is 11.6. The fraction of sp³-hybridized carbons (Fsp3) is 0.0588. The van der Waals surface area contributed by atoms with Crippen LogP contribution in [0.1, 0.15) is 11.1 Å². The Morgan fingerprint density at radius 3 is 2.46 bits per heavy atom. The van der Waals surface area contributed by atoms with Crippen molar-refractivity contribution < 1.29 is 9.53 Å². The van der Waals surface area contributed by atoms with Crippen molar-refractivity contribution in [1.82, 2.24) is 10.6 Å². The lowest BCUT2D eigenvalue weighted by molar-refractivity contribution is -0.115.